The molecule has 2 aromatic rings. The van der Waals surface area contributed by atoms with Crippen LogP contribution in [0, 0.1) is 11.7 Å². The zero-order valence-electron chi connectivity index (χ0n) is 15.1. The van der Waals surface area contributed by atoms with Crippen LogP contribution in [0.3, 0.4) is 0 Å². The molecule has 1 aromatic carbocycles. The molecule has 0 saturated carbocycles. The smallest absolute Gasteiger partial charge is 0.237 e. The van der Waals surface area contributed by atoms with Crippen molar-refractivity contribution in [3.63, 3.8) is 0 Å². The standard InChI is InChI=1S/C20H24FN3O2/c1-4-16-11-24(18(9-13(2)3)20(25)22-16)12-17-10-19(26-23-17)14-5-7-15(21)8-6-14/h4-8,10,13,16,18H,1,9,11-12H2,2-3H3,(H,22,25). The number of hydrogen-bond acceptors (Lipinski definition) is 4. The Hall–Kier alpha value is -2.47. The maximum absolute atomic E-state index is 13.1. The summed E-state index contributed by atoms with van der Waals surface area (Å²) in [5, 5.41) is 7.13. The molecule has 1 N–H and O–H groups in total. The van der Waals surface area contributed by atoms with Crippen LogP contribution in [0.4, 0.5) is 4.39 Å². The van der Waals surface area contributed by atoms with E-state index in [1.54, 1.807) is 18.2 Å². The van der Waals surface area contributed by atoms with Gasteiger partial charge in [0.25, 0.3) is 0 Å². The van der Waals surface area contributed by atoms with Crippen molar-refractivity contribution in [2.45, 2.75) is 38.9 Å². The average molecular weight is 357 g/mol. The Kier molecular flexibility index (Phi) is 5.52. The molecule has 0 bridgehead atoms. The van der Waals surface area contributed by atoms with Gasteiger partial charge >= 0.3 is 0 Å². The van der Waals surface area contributed by atoms with Crippen molar-refractivity contribution in [2.24, 2.45) is 5.92 Å². The monoisotopic (exact) mass is 357 g/mol. The minimum absolute atomic E-state index is 0.0251. The summed E-state index contributed by atoms with van der Waals surface area (Å²) < 4.78 is 18.5. The van der Waals surface area contributed by atoms with Gasteiger partial charge in [0.15, 0.2) is 5.76 Å². The van der Waals surface area contributed by atoms with Crippen molar-refractivity contribution in [2.75, 3.05) is 6.54 Å². The molecule has 3 rings (SSSR count). The lowest BCUT2D eigenvalue weighted by molar-refractivity contribution is -0.131. The van der Waals surface area contributed by atoms with E-state index in [4.69, 9.17) is 4.52 Å². The molecule has 2 heterocycles. The minimum atomic E-state index is -0.292. The van der Waals surface area contributed by atoms with Gasteiger partial charge in [0.2, 0.25) is 5.91 Å². The maximum Gasteiger partial charge on any atom is 0.237 e. The Morgan fingerprint density at radius 3 is 2.81 bits per heavy atom. The van der Waals surface area contributed by atoms with Crippen molar-refractivity contribution in [1.29, 1.82) is 0 Å². The Balaban J connectivity index is 1.77. The topological polar surface area (TPSA) is 58.4 Å². The first-order valence-electron chi connectivity index (χ1n) is 8.84. The molecule has 0 spiro atoms. The third kappa shape index (κ3) is 4.19. The fourth-order valence-corrected chi connectivity index (χ4v) is 3.23. The van der Waals surface area contributed by atoms with Crippen LogP contribution in [-0.4, -0.2) is 34.6 Å². The van der Waals surface area contributed by atoms with Crippen LogP contribution in [0.25, 0.3) is 11.3 Å². The van der Waals surface area contributed by atoms with Crippen LogP contribution in [0.1, 0.15) is 26.0 Å². The number of nitrogens with one attached hydrogen (secondary N) is 1. The molecule has 1 fully saturated rings. The zero-order chi connectivity index (χ0) is 18.7. The first-order valence-corrected chi connectivity index (χ1v) is 8.84. The van der Waals surface area contributed by atoms with E-state index in [1.165, 1.54) is 12.1 Å². The second-order valence-electron chi connectivity index (χ2n) is 7.11. The summed E-state index contributed by atoms with van der Waals surface area (Å²) in [4.78, 5) is 14.6. The van der Waals surface area contributed by atoms with Gasteiger partial charge in [0.05, 0.1) is 17.8 Å². The van der Waals surface area contributed by atoms with Crippen LogP contribution >= 0.6 is 0 Å². The fourth-order valence-electron chi connectivity index (χ4n) is 3.23. The molecule has 2 unspecified atom stereocenters. The summed E-state index contributed by atoms with van der Waals surface area (Å²) in [5.74, 6) is 0.722. The van der Waals surface area contributed by atoms with Gasteiger partial charge < -0.3 is 9.84 Å². The van der Waals surface area contributed by atoms with Crippen molar-refractivity contribution in [3.05, 3.63) is 54.5 Å². The van der Waals surface area contributed by atoms with Gasteiger partial charge in [0.1, 0.15) is 5.82 Å². The summed E-state index contributed by atoms with van der Waals surface area (Å²) in [6, 6.07) is 7.66. The van der Waals surface area contributed by atoms with Gasteiger partial charge in [-0.25, -0.2) is 4.39 Å². The Morgan fingerprint density at radius 1 is 1.42 bits per heavy atom. The summed E-state index contributed by atoms with van der Waals surface area (Å²) in [5.41, 5.74) is 1.51. The van der Waals surface area contributed by atoms with Gasteiger partial charge in [-0.2, -0.15) is 0 Å². The number of rotatable bonds is 6. The zero-order valence-corrected chi connectivity index (χ0v) is 15.1. The first kappa shape index (κ1) is 18.3. The lowest BCUT2D eigenvalue weighted by atomic mass is 9.98. The van der Waals surface area contributed by atoms with Crippen molar-refractivity contribution < 1.29 is 13.7 Å². The second-order valence-corrected chi connectivity index (χ2v) is 7.11. The third-order valence-corrected chi connectivity index (χ3v) is 4.53. The molecule has 6 heteroatoms. The number of amides is 1. The molecule has 1 aliphatic rings. The molecule has 1 saturated heterocycles. The van der Waals surface area contributed by atoms with Gasteiger partial charge in [-0.3, -0.25) is 9.69 Å². The van der Waals surface area contributed by atoms with Crippen LogP contribution in [-0.2, 0) is 11.3 Å². The second kappa shape index (κ2) is 7.83. The molecule has 0 aliphatic carbocycles. The summed E-state index contributed by atoms with van der Waals surface area (Å²) in [7, 11) is 0. The molecule has 5 nitrogen and oxygen atoms in total. The number of hydrogen-bond donors (Lipinski definition) is 1. The predicted molar refractivity (Wildman–Crippen MR) is 97.7 cm³/mol. The lowest BCUT2D eigenvalue weighted by Crippen LogP contribution is -2.59. The Labute approximate surface area is 152 Å². The molecular weight excluding hydrogens is 333 g/mol. The van der Waals surface area contributed by atoms with E-state index in [1.807, 2.05) is 6.07 Å². The molecule has 1 amide bonds. The van der Waals surface area contributed by atoms with Crippen molar-refractivity contribution in [3.8, 4) is 11.3 Å². The predicted octanol–water partition coefficient (Wildman–Crippen LogP) is 3.38. The highest BCUT2D eigenvalue weighted by atomic mass is 19.1. The van der Waals surface area contributed by atoms with Crippen molar-refractivity contribution in [1.82, 2.24) is 15.4 Å². The van der Waals surface area contributed by atoms with Gasteiger partial charge in [-0.1, -0.05) is 25.1 Å². The van der Waals surface area contributed by atoms with E-state index in [-0.39, 0.29) is 23.8 Å². The van der Waals surface area contributed by atoms with Gasteiger partial charge in [0, 0.05) is 24.7 Å². The number of carbonyl (C=O) groups is 1. The SMILES string of the molecule is C=CC1CN(Cc2cc(-c3ccc(F)cc3)on2)C(CC(C)C)C(=O)N1. The number of aromatic nitrogens is 1. The highest BCUT2D eigenvalue weighted by molar-refractivity contribution is 5.83. The van der Waals surface area contributed by atoms with E-state index in [9.17, 15) is 9.18 Å². The quantitative estimate of drug-likeness (QED) is 0.805. The average Bonchev–Trinajstić information content (AvgIpc) is 3.06. The number of nitrogens with zero attached hydrogens (tertiary/aromatic N) is 2. The van der Waals surface area contributed by atoms with E-state index < -0.39 is 0 Å². The largest absolute Gasteiger partial charge is 0.356 e. The van der Waals surface area contributed by atoms with Crippen LogP contribution in [0.2, 0.25) is 0 Å². The minimum Gasteiger partial charge on any atom is -0.356 e. The fraction of sp³-hybridized carbons (Fsp3) is 0.400. The first-order chi connectivity index (χ1) is 12.5. The van der Waals surface area contributed by atoms with Crippen LogP contribution in [0.5, 0.6) is 0 Å². The Morgan fingerprint density at radius 2 is 2.15 bits per heavy atom. The lowest BCUT2D eigenvalue weighted by Gasteiger charge is -2.38. The molecule has 26 heavy (non-hydrogen) atoms. The summed E-state index contributed by atoms with van der Waals surface area (Å²) in [6.07, 6.45) is 2.53. The molecular formula is C20H24FN3O2. The molecule has 138 valence electrons. The summed E-state index contributed by atoms with van der Waals surface area (Å²) >= 11 is 0. The Bertz CT molecular complexity index is 770. The number of carbonyl (C=O) groups excluding carboxylic acids is 1. The van der Waals surface area contributed by atoms with Crippen molar-refractivity contribution >= 4 is 5.91 Å². The maximum atomic E-state index is 13.1. The van der Waals surface area contributed by atoms with E-state index in [2.05, 4.69) is 35.8 Å². The number of halogens is 1. The highest BCUT2D eigenvalue weighted by Crippen LogP contribution is 2.23. The molecule has 1 aliphatic heterocycles. The molecule has 1 aromatic heterocycles. The van der Waals surface area contributed by atoms with E-state index in [0.717, 1.165) is 17.7 Å². The summed E-state index contributed by atoms with van der Waals surface area (Å²) in [6.45, 7) is 9.20. The number of piperazine rings is 1. The number of benzene rings is 1. The van der Waals surface area contributed by atoms with Gasteiger partial charge in [-0.05, 0) is 36.6 Å². The third-order valence-electron chi connectivity index (χ3n) is 4.53. The van der Waals surface area contributed by atoms with Crippen LogP contribution < -0.4 is 5.32 Å². The van der Waals surface area contributed by atoms with Crippen LogP contribution in [0.15, 0.2) is 47.5 Å². The molecule has 2 atom stereocenters. The van der Waals surface area contributed by atoms with E-state index >= 15 is 0 Å². The molecule has 0 radical (unpaired) electrons. The van der Waals surface area contributed by atoms with Gasteiger partial charge in [-0.15, -0.1) is 6.58 Å². The van der Waals surface area contributed by atoms with E-state index in [0.29, 0.717) is 24.8 Å². The highest BCUT2D eigenvalue weighted by Gasteiger charge is 2.34. The normalized spacial score (nSPS) is 21.0.